The predicted molar refractivity (Wildman–Crippen MR) is 138 cm³/mol. The lowest BCUT2D eigenvalue weighted by Gasteiger charge is -2.32. The molecule has 1 unspecified atom stereocenters. The average Bonchev–Trinajstić information content (AvgIpc) is 2.85. The number of methoxy groups -OCH3 is 1. The quantitative estimate of drug-likeness (QED) is 0.468. The molecule has 1 heterocycles. The third-order valence-corrected chi connectivity index (χ3v) is 6.75. The summed E-state index contributed by atoms with van der Waals surface area (Å²) in [6, 6.07) is 24.2. The van der Waals surface area contributed by atoms with Crippen molar-refractivity contribution in [3.05, 3.63) is 89.4 Å². The number of halogens is 1. The van der Waals surface area contributed by atoms with E-state index in [-0.39, 0.29) is 18.2 Å². The molecule has 0 spiro atoms. The minimum Gasteiger partial charge on any atom is -0.495 e. The van der Waals surface area contributed by atoms with Crippen molar-refractivity contribution in [2.45, 2.75) is 18.1 Å². The number of para-hydroxylation sites is 2. The number of hydrogen-bond donors (Lipinski definition) is 1. The van der Waals surface area contributed by atoms with Gasteiger partial charge in [-0.05, 0) is 48.4 Å². The van der Waals surface area contributed by atoms with Gasteiger partial charge in [0.2, 0.25) is 11.8 Å². The van der Waals surface area contributed by atoms with Crippen molar-refractivity contribution in [1.29, 1.82) is 0 Å². The topological polar surface area (TPSA) is 71.0 Å². The summed E-state index contributed by atoms with van der Waals surface area (Å²) in [5.74, 6) is 0.152. The molecule has 0 aliphatic carbocycles. The third kappa shape index (κ3) is 5.98. The lowest BCUT2D eigenvalue weighted by atomic mass is 10.1. The predicted octanol–water partition coefficient (Wildman–Crippen LogP) is 5.55. The number of benzene rings is 3. The maximum absolute atomic E-state index is 13.2. The van der Waals surface area contributed by atoms with Crippen molar-refractivity contribution in [1.82, 2.24) is 4.90 Å². The van der Waals surface area contributed by atoms with Gasteiger partial charge in [0.05, 0.1) is 18.5 Å². The molecular weight excluding hydrogens is 470 g/mol. The number of amidine groups is 1. The summed E-state index contributed by atoms with van der Waals surface area (Å²) < 4.78 is 5.32. The van der Waals surface area contributed by atoms with Gasteiger partial charge in [-0.1, -0.05) is 65.8 Å². The fraction of sp³-hybridized carbons (Fsp3) is 0.192. The number of nitrogens with zero attached hydrogens (tertiary/aromatic N) is 2. The van der Waals surface area contributed by atoms with Crippen LogP contribution in [0, 0.1) is 0 Å². The minimum atomic E-state index is -0.614. The van der Waals surface area contributed by atoms with E-state index in [0.717, 1.165) is 5.56 Å². The molecule has 0 radical (unpaired) electrons. The number of anilines is 1. The molecule has 1 N–H and O–H groups in total. The van der Waals surface area contributed by atoms with E-state index < -0.39 is 5.25 Å². The molecule has 1 atom stereocenters. The van der Waals surface area contributed by atoms with Gasteiger partial charge < -0.3 is 10.1 Å². The maximum Gasteiger partial charge on any atom is 0.238 e. The number of hydrogen-bond acceptors (Lipinski definition) is 5. The molecule has 0 saturated carbocycles. The van der Waals surface area contributed by atoms with E-state index in [1.807, 2.05) is 42.5 Å². The van der Waals surface area contributed by atoms with Gasteiger partial charge in [0.15, 0.2) is 5.17 Å². The largest absolute Gasteiger partial charge is 0.495 e. The maximum atomic E-state index is 13.2. The standard InChI is InChI=1S/C26H24ClN3O3S/c1-33-22-10-6-5-9-21(22)29-25(32)23-17-24(31)30(16-15-18-7-3-2-4-8-18)26(34-23)28-20-13-11-19(27)12-14-20/h2-14,23H,15-17H2,1H3,(H,29,32). The Labute approximate surface area is 208 Å². The Morgan fingerprint density at radius 2 is 1.79 bits per heavy atom. The van der Waals surface area contributed by atoms with E-state index in [4.69, 9.17) is 21.3 Å². The van der Waals surface area contributed by atoms with Crippen LogP contribution in [-0.2, 0) is 16.0 Å². The van der Waals surface area contributed by atoms with Crippen LogP contribution in [0.5, 0.6) is 5.75 Å². The van der Waals surface area contributed by atoms with Crippen LogP contribution < -0.4 is 10.1 Å². The molecule has 0 aromatic heterocycles. The summed E-state index contributed by atoms with van der Waals surface area (Å²) in [7, 11) is 1.55. The first-order valence-electron chi connectivity index (χ1n) is 10.8. The first kappa shape index (κ1) is 23.9. The van der Waals surface area contributed by atoms with Crippen LogP contribution >= 0.6 is 23.4 Å². The van der Waals surface area contributed by atoms with Crippen LogP contribution in [0.4, 0.5) is 11.4 Å². The second-order valence-electron chi connectivity index (χ2n) is 7.65. The van der Waals surface area contributed by atoms with Gasteiger partial charge in [0, 0.05) is 18.0 Å². The highest BCUT2D eigenvalue weighted by Gasteiger charge is 2.36. The van der Waals surface area contributed by atoms with E-state index in [2.05, 4.69) is 5.32 Å². The van der Waals surface area contributed by atoms with Crippen LogP contribution in [0.25, 0.3) is 0 Å². The molecule has 1 aliphatic rings. The molecule has 0 bridgehead atoms. The molecule has 3 aromatic carbocycles. The Hall–Kier alpha value is -3.29. The fourth-order valence-electron chi connectivity index (χ4n) is 3.53. The van der Waals surface area contributed by atoms with Crippen molar-refractivity contribution in [2.24, 2.45) is 4.99 Å². The molecule has 1 saturated heterocycles. The van der Waals surface area contributed by atoms with E-state index in [0.29, 0.717) is 40.3 Å². The number of carbonyl (C=O) groups excluding carboxylic acids is 2. The summed E-state index contributed by atoms with van der Waals surface area (Å²) >= 11 is 7.30. The van der Waals surface area contributed by atoms with Gasteiger partial charge in [0.1, 0.15) is 11.0 Å². The number of carbonyl (C=O) groups is 2. The van der Waals surface area contributed by atoms with Crippen molar-refractivity contribution >= 4 is 51.7 Å². The summed E-state index contributed by atoms with van der Waals surface area (Å²) in [5.41, 5.74) is 2.35. The number of amides is 2. The molecule has 6 nitrogen and oxygen atoms in total. The second-order valence-corrected chi connectivity index (χ2v) is 9.26. The Morgan fingerprint density at radius 1 is 1.09 bits per heavy atom. The Balaban J connectivity index is 1.56. The molecule has 2 amide bonds. The zero-order valence-corrected chi connectivity index (χ0v) is 20.2. The van der Waals surface area contributed by atoms with Crippen LogP contribution in [0.3, 0.4) is 0 Å². The number of nitrogens with one attached hydrogen (secondary N) is 1. The summed E-state index contributed by atoms with van der Waals surface area (Å²) in [6.45, 7) is 0.475. The van der Waals surface area contributed by atoms with Crippen LogP contribution in [0.15, 0.2) is 83.9 Å². The van der Waals surface area contributed by atoms with E-state index in [1.165, 1.54) is 11.8 Å². The molecule has 174 valence electrons. The molecular formula is C26H24ClN3O3S. The third-order valence-electron chi connectivity index (χ3n) is 5.32. The van der Waals surface area contributed by atoms with E-state index >= 15 is 0 Å². The van der Waals surface area contributed by atoms with Crippen molar-refractivity contribution < 1.29 is 14.3 Å². The lowest BCUT2D eigenvalue weighted by molar-refractivity contribution is -0.129. The highest BCUT2D eigenvalue weighted by molar-refractivity contribution is 8.15. The Bertz CT molecular complexity index is 1190. The fourth-order valence-corrected chi connectivity index (χ4v) is 4.78. The van der Waals surface area contributed by atoms with Crippen molar-refractivity contribution in [2.75, 3.05) is 19.0 Å². The van der Waals surface area contributed by atoms with Crippen LogP contribution in [0.1, 0.15) is 12.0 Å². The minimum absolute atomic E-state index is 0.0834. The van der Waals surface area contributed by atoms with Gasteiger partial charge in [-0.25, -0.2) is 4.99 Å². The summed E-state index contributed by atoms with van der Waals surface area (Å²) in [5, 5.41) is 3.37. The van der Waals surface area contributed by atoms with Crippen LogP contribution in [-0.4, -0.2) is 40.8 Å². The normalized spacial score (nSPS) is 17.0. The van der Waals surface area contributed by atoms with E-state index in [9.17, 15) is 9.59 Å². The first-order valence-corrected chi connectivity index (χ1v) is 12.1. The molecule has 34 heavy (non-hydrogen) atoms. The van der Waals surface area contributed by atoms with Gasteiger partial charge >= 0.3 is 0 Å². The number of aliphatic imine (C=N–C) groups is 1. The van der Waals surface area contributed by atoms with E-state index in [1.54, 1.807) is 48.4 Å². The number of ether oxygens (including phenoxy) is 1. The van der Waals surface area contributed by atoms with Gasteiger partial charge in [-0.3, -0.25) is 14.5 Å². The molecule has 1 aliphatic heterocycles. The molecule has 1 fully saturated rings. The monoisotopic (exact) mass is 493 g/mol. The highest BCUT2D eigenvalue weighted by Crippen LogP contribution is 2.31. The molecule has 8 heteroatoms. The summed E-state index contributed by atoms with van der Waals surface area (Å²) in [6.07, 6.45) is 0.769. The number of rotatable bonds is 7. The van der Waals surface area contributed by atoms with Gasteiger partial charge in [0.25, 0.3) is 0 Å². The van der Waals surface area contributed by atoms with Gasteiger partial charge in [-0.15, -0.1) is 0 Å². The summed E-state index contributed by atoms with van der Waals surface area (Å²) in [4.78, 5) is 32.6. The van der Waals surface area contributed by atoms with Gasteiger partial charge in [-0.2, -0.15) is 0 Å². The zero-order chi connectivity index (χ0) is 23.9. The second kappa shape index (κ2) is 11.2. The SMILES string of the molecule is COc1ccccc1NC(=O)C1CC(=O)N(CCc2ccccc2)C(=Nc2ccc(Cl)cc2)S1. The molecule has 4 rings (SSSR count). The number of thioether (sulfide) groups is 1. The average molecular weight is 494 g/mol. The van der Waals surface area contributed by atoms with Crippen LogP contribution in [0.2, 0.25) is 5.02 Å². The van der Waals surface area contributed by atoms with Crippen molar-refractivity contribution in [3.63, 3.8) is 0 Å². The Morgan fingerprint density at radius 3 is 2.53 bits per heavy atom. The lowest BCUT2D eigenvalue weighted by Crippen LogP contribution is -2.46. The highest BCUT2D eigenvalue weighted by atomic mass is 35.5. The van der Waals surface area contributed by atoms with Crippen molar-refractivity contribution in [3.8, 4) is 5.75 Å². The first-order chi connectivity index (χ1) is 16.5. The Kier molecular flexibility index (Phi) is 7.87. The molecule has 3 aromatic rings. The zero-order valence-electron chi connectivity index (χ0n) is 18.6. The smallest absolute Gasteiger partial charge is 0.238 e.